The number of nitrogens with two attached hydrogens (primary N) is 1. The van der Waals surface area contributed by atoms with E-state index in [1.807, 2.05) is 23.1 Å². The van der Waals surface area contributed by atoms with Crippen molar-refractivity contribution in [2.75, 3.05) is 25.5 Å². The summed E-state index contributed by atoms with van der Waals surface area (Å²) in [6.45, 7) is 3.91. The fourth-order valence-corrected chi connectivity index (χ4v) is 4.50. The van der Waals surface area contributed by atoms with Gasteiger partial charge in [0.1, 0.15) is 4.88 Å². The average molecular weight is 369 g/mol. The van der Waals surface area contributed by atoms with Gasteiger partial charge in [-0.2, -0.15) is 0 Å². The molecule has 1 aliphatic rings. The van der Waals surface area contributed by atoms with E-state index in [2.05, 4.69) is 22.9 Å². The first-order valence-electron chi connectivity index (χ1n) is 6.98. The summed E-state index contributed by atoms with van der Waals surface area (Å²) in [7, 11) is 0. The van der Waals surface area contributed by atoms with Crippen molar-refractivity contribution in [1.82, 2.24) is 4.90 Å². The largest absolute Gasteiger partial charge is 0.397 e. The number of morpholine rings is 1. The van der Waals surface area contributed by atoms with Crippen molar-refractivity contribution in [2.24, 2.45) is 0 Å². The SMILES string of the molecule is CCC1COCCN1C(=O)c1sc2cccc(Br)c2c1N. The molecule has 3 rings (SSSR count). The molecule has 0 saturated carbocycles. The number of carbonyl (C=O) groups excluding carboxylic acids is 1. The molecule has 4 nitrogen and oxygen atoms in total. The van der Waals surface area contributed by atoms with Gasteiger partial charge in [-0.3, -0.25) is 4.79 Å². The Morgan fingerprint density at radius 3 is 3.10 bits per heavy atom. The minimum atomic E-state index is 0.0238. The van der Waals surface area contributed by atoms with E-state index in [1.165, 1.54) is 11.3 Å². The van der Waals surface area contributed by atoms with Gasteiger partial charge in [-0.05, 0) is 18.6 Å². The van der Waals surface area contributed by atoms with Crippen LogP contribution < -0.4 is 5.73 Å². The smallest absolute Gasteiger partial charge is 0.266 e. The second-order valence-electron chi connectivity index (χ2n) is 5.09. The topological polar surface area (TPSA) is 55.6 Å². The second-order valence-corrected chi connectivity index (χ2v) is 7.00. The summed E-state index contributed by atoms with van der Waals surface area (Å²) in [6.07, 6.45) is 0.889. The van der Waals surface area contributed by atoms with Crippen molar-refractivity contribution in [3.63, 3.8) is 0 Å². The van der Waals surface area contributed by atoms with Gasteiger partial charge in [0.15, 0.2) is 0 Å². The summed E-state index contributed by atoms with van der Waals surface area (Å²) >= 11 is 4.98. The third-order valence-electron chi connectivity index (χ3n) is 3.86. The second kappa shape index (κ2) is 5.94. The van der Waals surface area contributed by atoms with Crippen molar-refractivity contribution in [1.29, 1.82) is 0 Å². The van der Waals surface area contributed by atoms with Crippen molar-refractivity contribution in [2.45, 2.75) is 19.4 Å². The van der Waals surface area contributed by atoms with Gasteiger partial charge in [0, 0.05) is 21.1 Å². The van der Waals surface area contributed by atoms with Crippen molar-refractivity contribution < 1.29 is 9.53 Å². The molecule has 0 bridgehead atoms. The van der Waals surface area contributed by atoms with Crippen LogP contribution in [0.1, 0.15) is 23.0 Å². The molecule has 1 aromatic carbocycles. The van der Waals surface area contributed by atoms with Gasteiger partial charge < -0.3 is 15.4 Å². The van der Waals surface area contributed by atoms with Gasteiger partial charge in [-0.15, -0.1) is 11.3 Å². The standard InChI is InChI=1S/C15H17BrN2O2S/c1-2-9-8-20-7-6-18(9)15(19)14-13(17)12-10(16)4-3-5-11(12)21-14/h3-5,9H,2,6-8,17H2,1H3. The number of thiophene rings is 1. The van der Waals surface area contributed by atoms with Crippen LogP contribution in [0.3, 0.4) is 0 Å². The lowest BCUT2D eigenvalue weighted by Gasteiger charge is -2.34. The average Bonchev–Trinajstić information content (AvgIpc) is 2.85. The fourth-order valence-electron chi connectivity index (χ4n) is 2.68. The molecule has 21 heavy (non-hydrogen) atoms. The Hall–Kier alpha value is -1.11. The molecule has 1 fully saturated rings. The molecule has 2 heterocycles. The first-order chi connectivity index (χ1) is 10.1. The van der Waals surface area contributed by atoms with Gasteiger partial charge >= 0.3 is 0 Å². The Labute approximate surface area is 136 Å². The van der Waals surface area contributed by atoms with Gasteiger partial charge in [0.25, 0.3) is 5.91 Å². The molecule has 1 saturated heterocycles. The van der Waals surface area contributed by atoms with Crippen LogP contribution in [0.4, 0.5) is 5.69 Å². The van der Waals surface area contributed by atoms with Gasteiger partial charge in [0.2, 0.25) is 0 Å². The Morgan fingerprint density at radius 1 is 1.57 bits per heavy atom. The fraction of sp³-hybridized carbons (Fsp3) is 0.400. The van der Waals surface area contributed by atoms with Gasteiger partial charge in [0.05, 0.1) is 24.9 Å². The van der Waals surface area contributed by atoms with E-state index < -0.39 is 0 Å². The van der Waals surface area contributed by atoms with E-state index in [1.54, 1.807) is 0 Å². The third kappa shape index (κ3) is 2.56. The van der Waals surface area contributed by atoms with Crippen LogP contribution in [0, 0.1) is 0 Å². The number of anilines is 1. The van der Waals surface area contributed by atoms with E-state index in [9.17, 15) is 4.79 Å². The molecule has 0 radical (unpaired) electrons. The predicted molar refractivity (Wildman–Crippen MR) is 89.9 cm³/mol. The molecule has 1 amide bonds. The van der Waals surface area contributed by atoms with Crippen molar-refractivity contribution in [3.05, 3.63) is 27.5 Å². The summed E-state index contributed by atoms with van der Waals surface area (Å²) in [4.78, 5) is 15.4. The van der Waals surface area contributed by atoms with Crippen LogP contribution in [-0.4, -0.2) is 36.6 Å². The summed E-state index contributed by atoms with van der Waals surface area (Å²) in [5.41, 5.74) is 6.81. The van der Waals surface area contributed by atoms with Crippen LogP contribution in [0.2, 0.25) is 0 Å². The Balaban J connectivity index is 2.01. The molecule has 0 spiro atoms. The Bertz CT molecular complexity index is 686. The molecule has 2 aromatic rings. The van der Waals surface area contributed by atoms with E-state index in [-0.39, 0.29) is 11.9 Å². The van der Waals surface area contributed by atoms with E-state index in [4.69, 9.17) is 10.5 Å². The van der Waals surface area contributed by atoms with E-state index >= 15 is 0 Å². The summed E-state index contributed by atoms with van der Waals surface area (Å²) < 4.78 is 7.43. The Morgan fingerprint density at radius 2 is 2.38 bits per heavy atom. The van der Waals surface area contributed by atoms with Crippen LogP contribution >= 0.6 is 27.3 Å². The molecule has 6 heteroatoms. The highest BCUT2D eigenvalue weighted by Gasteiger charge is 2.29. The lowest BCUT2D eigenvalue weighted by molar-refractivity contribution is -0.00248. The maximum absolute atomic E-state index is 12.9. The third-order valence-corrected chi connectivity index (χ3v) is 5.67. The quantitative estimate of drug-likeness (QED) is 0.882. The number of hydrogen-bond acceptors (Lipinski definition) is 4. The number of nitrogens with zero attached hydrogens (tertiary/aromatic N) is 1. The predicted octanol–water partition coefficient (Wildman–Crippen LogP) is 3.50. The number of hydrogen-bond donors (Lipinski definition) is 1. The molecular formula is C15H17BrN2O2S. The number of nitrogen functional groups attached to an aromatic ring is 1. The minimum absolute atomic E-state index is 0.0238. The van der Waals surface area contributed by atoms with Crippen LogP contribution in [0.25, 0.3) is 10.1 Å². The summed E-state index contributed by atoms with van der Waals surface area (Å²) in [6, 6.07) is 6.04. The van der Waals surface area contributed by atoms with Crippen LogP contribution in [0.5, 0.6) is 0 Å². The lowest BCUT2D eigenvalue weighted by atomic mass is 10.1. The molecule has 2 N–H and O–H groups in total. The zero-order valence-electron chi connectivity index (χ0n) is 11.8. The highest BCUT2D eigenvalue weighted by molar-refractivity contribution is 9.10. The first-order valence-corrected chi connectivity index (χ1v) is 8.59. The van der Waals surface area contributed by atoms with Gasteiger partial charge in [-0.25, -0.2) is 0 Å². The maximum Gasteiger partial charge on any atom is 0.266 e. The molecule has 0 aliphatic carbocycles. The summed E-state index contributed by atoms with van der Waals surface area (Å²) in [5, 5.41) is 0.937. The van der Waals surface area contributed by atoms with Crippen molar-refractivity contribution >= 4 is 48.9 Å². The van der Waals surface area contributed by atoms with E-state index in [0.29, 0.717) is 30.3 Å². The monoisotopic (exact) mass is 368 g/mol. The maximum atomic E-state index is 12.9. The molecule has 1 aromatic heterocycles. The minimum Gasteiger partial charge on any atom is -0.397 e. The molecule has 1 atom stereocenters. The molecule has 1 unspecified atom stereocenters. The number of amides is 1. The number of benzene rings is 1. The highest BCUT2D eigenvalue weighted by Crippen LogP contribution is 2.39. The zero-order chi connectivity index (χ0) is 15.0. The number of carbonyl (C=O) groups is 1. The lowest BCUT2D eigenvalue weighted by Crippen LogP contribution is -2.48. The zero-order valence-corrected chi connectivity index (χ0v) is 14.2. The normalized spacial score (nSPS) is 19.1. The first kappa shape index (κ1) is 14.8. The summed E-state index contributed by atoms with van der Waals surface area (Å²) in [5.74, 6) is 0.0238. The number of fused-ring (bicyclic) bond motifs is 1. The molecule has 1 aliphatic heterocycles. The van der Waals surface area contributed by atoms with Gasteiger partial charge in [-0.1, -0.05) is 28.9 Å². The van der Waals surface area contributed by atoms with E-state index in [0.717, 1.165) is 21.0 Å². The molecular weight excluding hydrogens is 352 g/mol. The Kier molecular flexibility index (Phi) is 4.19. The highest BCUT2D eigenvalue weighted by atomic mass is 79.9. The van der Waals surface area contributed by atoms with Crippen LogP contribution in [0.15, 0.2) is 22.7 Å². The number of ether oxygens (including phenoxy) is 1. The number of halogens is 1. The van der Waals surface area contributed by atoms with Crippen molar-refractivity contribution in [3.8, 4) is 0 Å². The van der Waals surface area contributed by atoms with Crippen LogP contribution in [-0.2, 0) is 4.74 Å². The molecule has 112 valence electrons. The number of rotatable bonds is 2.